The molecule has 0 radical (unpaired) electrons. The molecule has 1 aromatic carbocycles. The van der Waals surface area contributed by atoms with Crippen LogP contribution in [0.5, 0.6) is 0 Å². The standard InChI is InChI=1S/C22H33N3O3/c1-17(2)21(18-6-4-3-5-7-18)23-20(26)16-24-10-8-19(9-11-24)22(27)25-12-14-28-15-13-25/h3-7,17,19,21H,8-16H2,1-2H3,(H,23,26). The Morgan fingerprint density at radius 3 is 2.32 bits per heavy atom. The Hall–Kier alpha value is -1.92. The number of hydrogen-bond acceptors (Lipinski definition) is 4. The van der Waals surface area contributed by atoms with Crippen LogP contribution < -0.4 is 5.32 Å². The fraction of sp³-hybridized carbons (Fsp3) is 0.636. The Morgan fingerprint density at radius 2 is 1.71 bits per heavy atom. The Bertz CT molecular complexity index is 636. The number of rotatable bonds is 6. The highest BCUT2D eigenvalue weighted by Crippen LogP contribution is 2.22. The quantitative estimate of drug-likeness (QED) is 0.812. The average Bonchev–Trinajstić information content (AvgIpc) is 2.73. The third kappa shape index (κ3) is 5.55. The minimum atomic E-state index is 0.0223. The summed E-state index contributed by atoms with van der Waals surface area (Å²) in [5, 5.41) is 3.20. The van der Waals surface area contributed by atoms with E-state index >= 15 is 0 Å². The van der Waals surface area contributed by atoms with Crippen LogP contribution in [0.4, 0.5) is 0 Å². The highest BCUT2D eigenvalue weighted by Gasteiger charge is 2.30. The molecule has 0 saturated carbocycles. The summed E-state index contributed by atoms with van der Waals surface area (Å²) in [4.78, 5) is 29.4. The van der Waals surface area contributed by atoms with Crippen molar-refractivity contribution in [3.8, 4) is 0 Å². The van der Waals surface area contributed by atoms with E-state index in [0.29, 0.717) is 38.8 Å². The van der Waals surface area contributed by atoms with Crippen molar-refractivity contribution < 1.29 is 14.3 Å². The summed E-state index contributed by atoms with van der Waals surface area (Å²) >= 11 is 0. The molecular weight excluding hydrogens is 354 g/mol. The molecule has 154 valence electrons. The van der Waals surface area contributed by atoms with Crippen LogP contribution in [0.3, 0.4) is 0 Å². The van der Waals surface area contributed by atoms with E-state index in [9.17, 15) is 9.59 Å². The number of nitrogens with zero attached hydrogens (tertiary/aromatic N) is 2. The summed E-state index contributed by atoms with van der Waals surface area (Å²) in [6.07, 6.45) is 1.66. The van der Waals surface area contributed by atoms with Gasteiger partial charge in [-0.1, -0.05) is 44.2 Å². The lowest BCUT2D eigenvalue weighted by atomic mass is 9.94. The number of amides is 2. The molecule has 1 aromatic rings. The van der Waals surface area contributed by atoms with Crippen molar-refractivity contribution in [2.45, 2.75) is 32.7 Å². The zero-order valence-electron chi connectivity index (χ0n) is 17.1. The van der Waals surface area contributed by atoms with Crippen molar-refractivity contribution >= 4 is 11.8 Å². The molecule has 0 spiro atoms. The normalized spacial score (nSPS) is 20.2. The molecule has 3 rings (SSSR count). The molecule has 1 N–H and O–H groups in total. The minimum absolute atomic E-state index is 0.0223. The van der Waals surface area contributed by atoms with Crippen LogP contribution in [0.1, 0.15) is 38.3 Å². The Kier molecular flexibility index (Phi) is 7.45. The topological polar surface area (TPSA) is 61.9 Å². The lowest BCUT2D eigenvalue weighted by Gasteiger charge is -2.35. The number of carbonyl (C=O) groups is 2. The maximum atomic E-state index is 12.6. The second-order valence-electron chi connectivity index (χ2n) is 8.19. The summed E-state index contributed by atoms with van der Waals surface area (Å²) in [7, 11) is 0. The molecule has 1 atom stereocenters. The van der Waals surface area contributed by atoms with Gasteiger partial charge in [-0.25, -0.2) is 0 Å². The van der Waals surface area contributed by atoms with Gasteiger partial charge in [0.2, 0.25) is 11.8 Å². The summed E-state index contributed by atoms with van der Waals surface area (Å²) in [5.41, 5.74) is 1.14. The monoisotopic (exact) mass is 387 g/mol. The molecule has 2 saturated heterocycles. The van der Waals surface area contributed by atoms with Crippen LogP contribution in [0, 0.1) is 11.8 Å². The first-order valence-electron chi connectivity index (χ1n) is 10.5. The summed E-state index contributed by atoms with van der Waals surface area (Å²) in [6, 6.07) is 10.2. The first-order chi connectivity index (χ1) is 13.5. The summed E-state index contributed by atoms with van der Waals surface area (Å²) in [6.45, 7) is 8.94. The molecule has 2 aliphatic rings. The van der Waals surface area contributed by atoms with E-state index in [4.69, 9.17) is 4.74 Å². The van der Waals surface area contributed by atoms with Crippen molar-refractivity contribution in [2.24, 2.45) is 11.8 Å². The van der Waals surface area contributed by atoms with E-state index in [2.05, 4.69) is 36.2 Å². The zero-order chi connectivity index (χ0) is 19.9. The average molecular weight is 388 g/mol. The van der Waals surface area contributed by atoms with E-state index in [1.54, 1.807) is 0 Å². The minimum Gasteiger partial charge on any atom is -0.378 e. The van der Waals surface area contributed by atoms with Gasteiger partial charge in [-0.05, 0) is 37.4 Å². The van der Waals surface area contributed by atoms with Crippen LogP contribution in [0.15, 0.2) is 30.3 Å². The van der Waals surface area contributed by atoms with Gasteiger partial charge >= 0.3 is 0 Å². The van der Waals surface area contributed by atoms with Crippen molar-refractivity contribution in [1.82, 2.24) is 15.1 Å². The molecule has 0 bridgehead atoms. The maximum Gasteiger partial charge on any atom is 0.234 e. The Morgan fingerprint density at radius 1 is 1.07 bits per heavy atom. The van der Waals surface area contributed by atoms with Gasteiger partial charge in [0, 0.05) is 19.0 Å². The fourth-order valence-corrected chi connectivity index (χ4v) is 4.10. The van der Waals surface area contributed by atoms with Gasteiger partial charge in [-0.2, -0.15) is 0 Å². The molecule has 6 nitrogen and oxygen atoms in total. The number of nitrogens with one attached hydrogen (secondary N) is 1. The van der Waals surface area contributed by atoms with Crippen molar-refractivity contribution in [1.29, 1.82) is 0 Å². The highest BCUT2D eigenvalue weighted by molar-refractivity contribution is 5.80. The van der Waals surface area contributed by atoms with Gasteiger partial charge in [-0.15, -0.1) is 0 Å². The molecule has 6 heteroatoms. The Labute approximate surface area is 168 Å². The predicted octanol–water partition coefficient (Wildman–Crippen LogP) is 2.07. The first-order valence-corrected chi connectivity index (χ1v) is 10.5. The summed E-state index contributed by atoms with van der Waals surface area (Å²) in [5.74, 6) is 0.727. The molecule has 2 heterocycles. The number of carbonyl (C=O) groups excluding carboxylic acids is 2. The smallest absolute Gasteiger partial charge is 0.234 e. The molecule has 0 aliphatic carbocycles. The lowest BCUT2D eigenvalue weighted by Crippen LogP contribution is -2.48. The van der Waals surface area contributed by atoms with Crippen LogP contribution >= 0.6 is 0 Å². The highest BCUT2D eigenvalue weighted by atomic mass is 16.5. The van der Waals surface area contributed by atoms with Gasteiger partial charge < -0.3 is 15.0 Å². The maximum absolute atomic E-state index is 12.6. The zero-order valence-corrected chi connectivity index (χ0v) is 17.1. The van der Waals surface area contributed by atoms with E-state index in [1.165, 1.54) is 0 Å². The molecule has 2 fully saturated rings. The molecule has 1 unspecified atom stereocenters. The molecular formula is C22H33N3O3. The van der Waals surface area contributed by atoms with Crippen LogP contribution in [-0.2, 0) is 14.3 Å². The van der Waals surface area contributed by atoms with Crippen molar-refractivity contribution in [3.05, 3.63) is 35.9 Å². The number of benzene rings is 1. The predicted molar refractivity (Wildman–Crippen MR) is 109 cm³/mol. The number of ether oxygens (including phenoxy) is 1. The van der Waals surface area contributed by atoms with Gasteiger partial charge in [-0.3, -0.25) is 14.5 Å². The largest absolute Gasteiger partial charge is 0.378 e. The van der Waals surface area contributed by atoms with Gasteiger partial charge in [0.25, 0.3) is 0 Å². The Balaban J connectivity index is 1.46. The molecule has 2 aliphatic heterocycles. The van der Waals surface area contributed by atoms with Crippen molar-refractivity contribution in [2.75, 3.05) is 45.9 Å². The third-order valence-electron chi connectivity index (χ3n) is 5.77. The van der Waals surface area contributed by atoms with Crippen LogP contribution in [0.2, 0.25) is 0 Å². The van der Waals surface area contributed by atoms with Crippen molar-refractivity contribution in [3.63, 3.8) is 0 Å². The second kappa shape index (κ2) is 10.0. The second-order valence-corrected chi connectivity index (χ2v) is 8.19. The molecule has 28 heavy (non-hydrogen) atoms. The van der Waals surface area contributed by atoms with Gasteiger partial charge in [0.15, 0.2) is 0 Å². The number of hydrogen-bond donors (Lipinski definition) is 1. The van der Waals surface area contributed by atoms with E-state index in [-0.39, 0.29) is 23.8 Å². The van der Waals surface area contributed by atoms with E-state index in [0.717, 1.165) is 31.5 Å². The van der Waals surface area contributed by atoms with Crippen LogP contribution in [0.25, 0.3) is 0 Å². The van der Waals surface area contributed by atoms with Crippen LogP contribution in [-0.4, -0.2) is 67.6 Å². The molecule has 2 amide bonds. The lowest BCUT2D eigenvalue weighted by molar-refractivity contribution is -0.141. The van der Waals surface area contributed by atoms with E-state index < -0.39 is 0 Å². The van der Waals surface area contributed by atoms with E-state index in [1.807, 2.05) is 23.1 Å². The summed E-state index contributed by atoms with van der Waals surface area (Å²) < 4.78 is 5.33. The number of likely N-dealkylation sites (tertiary alicyclic amines) is 1. The third-order valence-corrected chi connectivity index (χ3v) is 5.77. The fourth-order valence-electron chi connectivity index (χ4n) is 4.10. The number of morpholine rings is 1. The van der Waals surface area contributed by atoms with Gasteiger partial charge in [0.1, 0.15) is 0 Å². The first kappa shape index (κ1) is 20.8. The number of piperidine rings is 1. The van der Waals surface area contributed by atoms with Gasteiger partial charge in [0.05, 0.1) is 25.8 Å². The molecule has 0 aromatic heterocycles. The SMILES string of the molecule is CC(C)C(NC(=O)CN1CCC(C(=O)N2CCOCC2)CC1)c1ccccc1.